The van der Waals surface area contributed by atoms with Crippen molar-refractivity contribution in [1.29, 1.82) is 0 Å². The fourth-order valence-electron chi connectivity index (χ4n) is 2.35. The fourth-order valence-corrected chi connectivity index (χ4v) is 4.79. The summed E-state index contributed by atoms with van der Waals surface area (Å²) in [6, 6.07) is 3.60. The van der Waals surface area contributed by atoms with Crippen LogP contribution in [-0.4, -0.2) is 47.7 Å². The molecule has 2 aromatic rings. The van der Waals surface area contributed by atoms with Crippen LogP contribution in [0.2, 0.25) is 0 Å². The Kier molecular flexibility index (Phi) is 3.72. The first-order chi connectivity index (χ1) is 9.94. The second-order valence-electron chi connectivity index (χ2n) is 5.11. The zero-order chi connectivity index (χ0) is 15.0. The summed E-state index contributed by atoms with van der Waals surface area (Å²) in [7, 11) is -1.16. The third kappa shape index (κ3) is 3.09. The first-order valence-corrected chi connectivity index (χ1v) is 9.17. The molecule has 114 valence electrons. The summed E-state index contributed by atoms with van der Waals surface area (Å²) in [5.41, 5.74) is 0. The van der Waals surface area contributed by atoms with E-state index in [4.69, 9.17) is 4.42 Å². The van der Waals surface area contributed by atoms with Crippen LogP contribution in [0.15, 0.2) is 26.7 Å². The zero-order valence-corrected chi connectivity index (χ0v) is 13.1. The van der Waals surface area contributed by atoms with Crippen molar-refractivity contribution in [3.05, 3.63) is 28.1 Å². The van der Waals surface area contributed by atoms with Crippen molar-refractivity contribution in [3.8, 4) is 10.8 Å². The maximum atomic E-state index is 11.8. The van der Waals surface area contributed by atoms with E-state index >= 15 is 0 Å². The van der Waals surface area contributed by atoms with Crippen molar-refractivity contribution in [2.24, 2.45) is 0 Å². The number of nitrogens with zero attached hydrogens (tertiary/aromatic N) is 3. The Morgan fingerprint density at radius 2 is 2.38 bits per heavy atom. The monoisotopic (exact) mass is 329 g/mol. The van der Waals surface area contributed by atoms with Gasteiger partial charge in [0.15, 0.2) is 9.84 Å². The number of sulfone groups is 1. The van der Waals surface area contributed by atoms with E-state index in [9.17, 15) is 13.2 Å². The lowest BCUT2D eigenvalue weighted by atomic mass is 10.2. The summed E-state index contributed by atoms with van der Waals surface area (Å²) in [5, 5.41) is 6.04. The summed E-state index contributed by atoms with van der Waals surface area (Å²) in [6.45, 7) is 0.216. The van der Waals surface area contributed by atoms with Crippen LogP contribution in [0.4, 0.5) is 0 Å². The predicted molar refractivity (Wildman–Crippen MR) is 78.9 cm³/mol. The highest BCUT2D eigenvalue weighted by molar-refractivity contribution is 7.91. The first-order valence-electron chi connectivity index (χ1n) is 6.47. The van der Waals surface area contributed by atoms with Gasteiger partial charge in [-0.1, -0.05) is 6.07 Å². The molecule has 21 heavy (non-hydrogen) atoms. The Morgan fingerprint density at radius 1 is 1.57 bits per heavy atom. The van der Waals surface area contributed by atoms with Crippen LogP contribution in [0.1, 0.15) is 6.42 Å². The molecule has 1 saturated heterocycles. The van der Waals surface area contributed by atoms with Crippen LogP contribution in [0.5, 0.6) is 0 Å². The Balaban J connectivity index is 1.75. The van der Waals surface area contributed by atoms with Gasteiger partial charge >= 0.3 is 5.76 Å². The molecule has 1 aliphatic heterocycles. The largest absolute Gasteiger partial charge is 0.438 e. The summed E-state index contributed by atoms with van der Waals surface area (Å²) < 4.78 is 29.3. The lowest BCUT2D eigenvalue weighted by molar-refractivity contribution is 0.191. The van der Waals surface area contributed by atoms with Crippen LogP contribution in [0, 0.1) is 0 Å². The third-order valence-corrected chi connectivity index (χ3v) is 6.14. The van der Waals surface area contributed by atoms with E-state index in [1.165, 1.54) is 16.0 Å². The van der Waals surface area contributed by atoms with Gasteiger partial charge in [-0.3, -0.25) is 4.90 Å². The van der Waals surface area contributed by atoms with Crippen LogP contribution in [-0.2, 0) is 16.5 Å². The van der Waals surface area contributed by atoms with Gasteiger partial charge < -0.3 is 4.42 Å². The summed E-state index contributed by atoms with van der Waals surface area (Å²) >= 11 is 1.44. The number of aromatic nitrogens is 2. The molecule has 0 aliphatic carbocycles. The maximum Gasteiger partial charge on any atom is 0.438 e. The Labute approximate surface area is 125 Å². The quantitative estimate of drug-likeness (QED) is 0.818. The van der Waals surface area contributed by atoms with Gasteiger partial charge in [-0.05, 0) is 24.9 Å². The van der Waals surface area contributed by atoms with E-state index < -0.39 is 15.6 Å². The number of hydrogen-bond acceptors (Lipinski definition) is 7. The van der Waals surface area contributed by atoms with Gasteiger partial charge in [0.2, 0.25) is 0 Å². The maximum absolute atomic E-state index is 11.8. The van der Waals surface area contributed by atoms with E-state index in [1.807, 2.05) is 22.4 Å². The van der Waals surface area contributed by atoms with E-state index in [2.05, 4.69) is 5.10 Å². The highest BCUT2D eigenvalue weighted by Gasteiger charge is 2.31. The lowest BCUT2D eigenvalue weighted by Crippen LogP contribution is -2.37. The molecule has 0 aromatic carbocycles. The molecule has 0 saturated carbocycles. The molecule has 0 N–H and O–H groups in total. The van der Waals surface area contributed by atoms with Crippen LogP contribution in [0.25, 0.3) is 10.8 Å². The van der Waals surface area contributed by atoms with Crippen LogP contribution >= 0.6 is 11.3 Å². The molecule has 7 nitrogen and oxygen atoms in total. The molecule has 0 spiro atoms. The molecule has 0 unspecified atom stereocenters. The second-order valence-corrected chi connectivity index (χ2v) is 8.28. The minimum Gasteiger partial charge on any atom is -0.387 e. The van der Waals surface area contributed by atoms with Crippen molar-refractivity contribution in [2.75, 3.05) is 18.6 Å². The van der Waals surface area contributed by atoms with E-state index in [0.29, 0.717) is 12.3 Å². The van der Waals surface area contributed by atoms with Crippen molar-refractivity contribution in [3.63, 3.8) is 0 Å². The molecule has 9 heteroatoms. The molecule has 2 aromatic heterocycles. The van der Waals surface area contributed by atoms with Crippen LogP contribution < -0.4 is 5.76 Å². The van der Waals surface area contributed by atoms with Gasteiger partial charge in [-0.15, -0.1) is 16.4 Å². The molecule has 1 atom stereocenters. The van der Waals surface area contributed by atoms with Crippen molar-refractivity contribution >= 4 is 21.2 Å². The number of thiophene rings is 1. The summed E-state index contributed by atoms with van der Waals surface area (Å²) in [6.07, 6.45) is 0.587. The van der Waals surface area contributed by atoms with Gasteiger partial charge in [-0.2, -0.15) is 4.68 Å². The smallest absolute Gasteiger partial charge is 0.387 e. The van der Waals surface area contributed by atoms with E-state index in [1.54, 1.807) is 7.05 Å². The van der Waals surface area contributed by atoms with Crippen molar-refractivity contribution in [1.82, 2.24) is 14.7 Å². The molecule has 3 heterocycles. The van der Waals surface area contributed by atoms with Gasteiger partial charge in [0.1, 0.15) is 6.67 Å². The zero-order valence-electron chi connectivity index (χ0n) is 11.4. The molecule has 1 fully saturated rings. The van der Waals surface area contributed by atoms with Crippen molar-refractivity contribution in [2.45, 2.75) is 19.1 Å². The minimum absolute atomic E-state index is 0.0798. The first kappa shape index (κ1) is 14.5. The summed E-state index contributed by atoms with van der Waals surface area (Å²) in [4.78, 5) is 14.4. The predicted octanol–water partition coefficient (Wildman–Crippen LogP) is 0.641. The Morgan fingerprint density at radius 3 is 3.00 bits per heavy atom. The Bertz CT molecular complexity index is 776. The highest BCUT2D eigenvalue weighted by Crippen LogP contribution is 2.21. The van der Waals surface area contributed by atoms with E-state index in [-0.39, 0.29) is 24.2 Å². The molecular formula is C12H15N3O4S2. The SMILES string of the molecule is CN(Cn1nc(-c2cccs2)oc1=O)[C@@H]1CCS(=O)(=O)C1. The van der Waals surface area contributed by atoms with Gasteiger partial charge in [-0.25, -0.2) is 13.2 Å². The van der Waals surface area contributed by atoms with Crippen LogP contribution in [0.3, 0.4) is 0 Å². The summed E-state index contributed by atoms with van der Waals surface area (Å²) in [5.74, 6) is 0.0953. The van der Waals surface area contributed by atoms with Crippen molar-refractivity contribution < 1.29 is 12.8 Å². The average molecular weight is 329 g/mol. The molecule has 1 aliphatic rings. The molecule has 0 bridgehead atoms. The average Bonchev–Trinajstić information content (AvgIpc) is 3.10. The fraction of sp³-hybridized carbons (Fsp3) is 0.500. The normalized spacial score (nSPS) is 21.1. The molecular weight excluding hydrogens is 314 g/mol. The third-order valence-electron chi connectivity index (χ3n) is 3.53. The molecule has 3 rings (SSSR count). The lowest BCUT2D eigenvalue weighted by Gasteiger charge is -2.21. The van der Waals surface area contributed by atoms with E-state index in [0.717, 1.165) is 4.88 Å². The number of hydrogen-bond donors (Lipinski definition) is 0. The highest BCUT2D eigenvalue weighted by atomic mass is 32.2. The topological polar surface area (TPSA) is 85.4 Å². The standard InChI is InChI=1S/C12H15N3O4S2/c1-14(9-4-6-21(17,18)7-9)8-15-12(16)19-11(13-15)10-3-2-5-20-10/h2-3,5,9H,4,6-8H2,1H3/t9-/m1/s1. The van der Waals surface area contributed by atoms with Gasteiger partial charge in [0, 0.05) is 6.04 Å². The molecule has 0 radical (unpaired) electrons. The second kappa shape index (κ2) is 5.39. The Hall–Kier alpha value is -1.45. The molecule has 0 amide bonds. The van der Waals surface area contributed by atoms with Gasteiger partial charge in [0.25, 0.3) is 5.89 Å². The minimum atomic E-state index is -2.94. The number of rotatable bonds is 4. The van der Waals surface area contributed by atoms with Gasteiger partial charge in [0.05, 0.1) is 16.4 Å².